The van der Waals surface area contributed by atoms with Crippen molar-refractivity contribution in [2.45, 2.75) is 149 Å². The molecule has 44 heavy (non-hydrogen) atoms. The van der Waals surface area contributed by atoms with Crippen LogP contribution in [0, 0.1) is 5.92 Å². The van der Waals surface area contributed by atoms with Gasteiger partial charge in [0, 0.05) is 12.8 Å². The number of aliphatic hydroxyl groups excluding tert-OH is 2. The molecule has 0 rings (SSSR count). The first-order chi connectivity index (χ1) is 21.4. The van der Waals surface area contributed by atoms with Gasteiger partial charge in [-0.25, -0.2) is 0 Å². The number of aliphatic hydroxyl groups is 2. The van der Waals surface area contributed by atoms with Gasteiger partial charge in [0.05, 0.1) is 12.7 Å². The zero-order chi connectivity index (χ0) is 32.5. The lowest BCUT2D eigenvalue weighted by molar-refractivity contribution is -0.161. The summed E-state index contributed by atoms with van der Waals surface area (Å²) in [7, 11) is 0. The van der Waals surface area contributed by atoms with E-state index in [0.29, 0.717) is 19.3 Å². The molecule has 0 aliphatic rings. The molecule has 0 heterocycles. The van der Waals surface area contributed by atoms with Gasteiger partial charge in [-0.15, -0.1) is 0 Å². The number of allylic oxidation sites excluding steroid dienone is 8. The lowest BCUT2D eigenvalue weighted by atomic mass is 9.99. The second kappa shape index (κ2) is 32.0. The number of carbonyl (C=O) groups is 2. The highest BCUT2D eigenvalue weighted by Gasteiger charge is 2.16. The summed E-state index contributed by atoms with van der Waals surface area (Å²) < 4.78 is 10.5. The van der Waals surface area contributed by atoms with Gasteiger partial charge in [-0.3, -0.25) is 9.59 Å². The maximum atomic E-state index is 12.1. The van der Waals surface area contributed by atoms with Crippen molar-refractivity contribution in [1.82, 2.24) is 0 Å². The lowest BCUT2D eigenvalue weighted by Gasteiger charge is -2.15. The average Bonchev–Trinajstić information content (AvgIpc) is 3.02. The minimum Gasteiger partial charge on any atom is -0.462 e. The first-order valence-electron chi connectivity index (χ1n) is 17.3. The Morgan fingerprint density at radius 1 is 0.727 bits per heavy atom. The van der Waals surface area contributed by atoms with Crippen LogP contribution in [0.1, 0.15) is 136 Å². The van der Waals surface area contributed by atoms with Gasteiger partial charge in [0.15, 0.2) is 6.10 Å². The number of carbonyl (C=O) groups excluding carboxylic acids is 2. The van der Waals surface area contributed by atoms with Gasteiger partial charge in [-0.2, -0.15) is 0 Å². The number of hydrogen-bond acceptors (Lipinski definition) is 6. The van der Waals surface area contributed by atoms with Crippen molar-refractivity contribution >= 4 is 11.9 Å². The Balaban J connectivity index is 3.77. The van der Waals surface area contributed by atoms with E-state index in [4.69, 9.17) is 9.47 Å². The Bertz CT molecular complexity index is 825. The lowest BCUT2D eigenvalue weighted by Crippen LogP contribution is -2.28. The first-order valence-corrected chi connectivity index (χ1v) is 17.3. The third-order valence-corrected chi connectivity index (χ3v) is 7.44. The third kappa shape index (κ3) is 29.6. The standard InChI is InChI=1S/C38H64O6/c1-4-6-28-35(40)29-24-20-16-11-9-7-8-10-12-17-21-25-30-37(41)43-33-36(32-39)44-38(42)31-26-22-18-14-13-15-19-23-27-34(3)5-2/h6-8,11-12,16-17,20,24,28,34-36,39-40H,4-5,9-10,13-15,18-19,21-23,25-27,29-33H2,1-3H3/b8-7-,16-11-,17-12-,24-20+,28-6-/t34?,35?,36-/m0/s1. The van der Waals surface area contributed by atoms with E-state index in [2.05, 4.69) is 44.2 Å². The van der Waals surface area contributed by atoms with Crippen LogP contribution in [0.25, 0.3) is 0 Å². The molecule has 0 bridgehead atoms. The average molecular weight is 617 g/mol. The highest BCUT2D eigenvalue weighted by Crippen LogP contribution is 2.15. The van der Waals surface area contributed by atoms with Crippen molar-refractivity contribution in [2.24, 2.45) is 5.92 Å². The fourth-order valence-electron chi connectivity index (χ4n) is 4.41. The molecule has 0 radical (unpaired) electrons. The van der Waals surface area contributed by atoms with Crippen LogP contribution in [0.2, 0.25) is 0 Å². The molecule has 0 spiro atoms. The maximum absolute atomic E-state index is 12.1. The predicted octanol–water partition coefficient (Wildman–Crippen LogP) is 9.27. The number of ether oxygens (including phenoxy) is 2. The summed E-state index contributed by atoms with van der Waals surface area (Å²) in [5.74, 6) is 0.155. The predicted molar refractivity (Wildman–Crippen MR) is 183 cm³/mol. The zero-order valence-electron chi connectivity index (χ0n) is 28.2. The molecule has 2 unspecified atom stereocenters. The molecule has 252 valence electrons. The Labute approximate surface area is 269 Å². The molecule has 2 N–H and O–H groups in total. The molecular formula is C38H64O6. The summed E-state index contributed by atoms with van der Waals surface area (Å²) in [6, 6.07) is 0. The molecule has 0 aliphatic heterocycles. The van der Waals surface area contributed by atoms with Crippen LogP contribution in [-0.4, -0.2) is 47.6 Å². The zero-order valence-corrected chi connectivity index (χ0v) is 28.2. The van der Waals surface area contributed by atoms with Crippen LogP contribution >= 0.6 is 0 Å². The first kappa shape index (κ1) is 41.6. The summed E-state index contributed by atoms with van der Waals surface area (Å²) >= 11 is 0. The Hall–Kier alpha value is -2.44. The van der Waals surface area contributed by atoms with Gasteiger partial charge in [0.1, 0.15) is 6.61 Å². The van der Waals surface area contributed by atoms with Crippen LogP contribution in [0.15, 0.2) is 60.8 Å². The van der Waals surface area contributed by atoms with E-state index in [1.165, 1.54) is 44.9 Å². The van der Waals surface area contributed by atoms with Gasteiger partial charge in [-0.1, -0.05) is 139 Å². The highest BCUT2D eigenvalue weighted by molar-refractivity contribution is 5.70. The van der Waals surface area contributed by atoms with Crippen LogP contribution in [0.3, 0.4) is 0 Å². The molecule has 6 heteroatoms. The topological polar surface area (TPSA) is 93.1 Å². The molecule has 0 aromatic rings. The minimum absolute atomic E-state index is 0.110. The van der Waals surface area contributed by atoms with E-state index in [-0.39, 0.29) is 31.6 Å². The molecule has 3 atom stereocenters. The van der Waals surface area contributed by atoms with Crippen molar-refractivity contribution in [3.05, 3.63) is 60.8 Å². The molecule has 0 amide bonds. The van der Waals surface area contributed by atoms with E-state index >= 15 is 0 Å². The van der Waals surface area contributed by atoms with Crippen LogP contribution in [0.4, 0.5) is 0 Å². The number of hydrogen-bond donors (Lipinski definition) is 2. The van der Waals surface area contributed by atoms with Crippen LogP contribution in [0.5, 0.6) is 0 Å². The Kier molecular flexibility index (Phi) is 30.2. The molecule has 0 aliphatic carbocycles. The summed E-state index contributed by atoms with van der Waals surface area (Å²) in [4.78, 5) is 24.1. The van der Waals surface area contributed by atoms with Gasteiger partial charge in [0.25, 0.3) is 0 Å². The van der Waals surface area contributed by atoms with E-state index < -0.39 is 12.2 Å². The molecule has 0 saturated carbocycles. The van der Waals surface area contributed by atoms with E-state index in [1.54, 1.807) is 0 Å². The minimum atomic E-state index is -0.805. The normalized spacial score (nSPS) is 14.4. The maximum Gasteiger partial charge on any atom is 0.306 e. The van der Waals surface area contributed by atoms with Crippen molar-refractivity contribution in [1.29, 1.82) is 0 Å². The Morgan fingerprint density at radius 3 is 2.02 bits per heavy atom. The van der Waals surface area contributed by atoms with E-state index in [1.807, 2.05) is 37.3 Å². The van der Waals surface area contributed by atoms with Crippen molar-refractivity contribution < 1.29 is 29.3 Å². The smallest absolute Gasteiger partial charge is 0.306 e. The molecule has 0 fully saturated rings. The van der Waals surface area contributed by atoms with Crippen molar-refractivity contribution in [3.8, 4) is 0 Å². The van der Waals surface area contributed by atoms with Gasteiger partial charge in [0.2, 0.25) is 0 Å². The highest BCUT2D eigenvalue weighted by atomic mass is 16.6. The molecular weight excluding hydrogens is 552 g/mol. The molecule has 0 saturated heterocycles. The second-order valence-electron chi connectivity index (χ2n) is 11.7. The van der Waals surface area contributed by atoms with Crippen LogP contribution in [-0.2, 0) is 19.1 Å². The van der Waals surface area contributed by atoms with Crippen LogP contribution < -0.4 is 0 Å². The summed E-state index contributed by atoms with van der Waals surface area (Å²) in [6.07, 6.45) is 36.2. The Morgan fingerprint density at radius 2 is 1.34 bits per heavy atom. The summed E-state index contributed by atoms with van der Waals surface area (Å²) in [5, 5.41) is 19.2. The quantitative estimate of drug-likeness (QED) is 0.0377. The second-order valence-corrected chi connectivity index (χ2v) is 11.7. The molecule has 6 nitrogen and oxygen atoms in total. The van der Waals surface area contributed by atoms with Gasteiger partial charge in [-0.05, 0) is 50.9 Å². The van der Waals surface area contributed by atoms with E-state index in [0.717, 1.165) is 50.9 Å². The van der Waals surface area contributed by atoms with Crippen molar-refractivity contribution in [3.63, 3.8) is 0 Å². The molecule has 0 aromatic carbocycles. The summed E-state index contributed by atoms with van der Waals surface area (Å²) in [6.45, 7) is 6.16. The number of unbranched alkanes of at least 4 members (excludes halogenated alkanes) is 8. The fraction of sp³-hybridized carbons (Fsp3) is 0.684. The third-order valence-electron chi connectivity index (χ3n) is 7.44. The van der Waals surface area contributed by atoms with Gasteiger partial charge >= 0.3 is 11.9 Å². The summed E-state index contributed by atoms with van der Waals surface area (Å²) in [5.41, 5.74) is 0. The van der Waals surface area contributed by atoms with Crippen molar-refractivity contribution in [2.75, 3.05) is 13.2 Å². The fourth-order valence-corrected chi connectivity index (χ4v) is 4.41. The number of esters is 2. The van der Waals surface area contributed by atoms with Gasteiger partial charge < -0.3 is 19.7 Å². The SMILES string of the molecule is CC/C=C\C(O)C/C=C/C=C\C/C=C\C/C=C\CCCC(=O)OC[C@H](CO)OC(=O)CCCCCCCCCCC(C)CC. The van der Waals surface area contributed by atoms with E-state index in [9.17, 15) is 19.8 Å². The monoisotopic (exact) mass is 616 g/mol. The molecule has 0 aromatic heterocycles. The largest absolute Gasteiger partial charge is 0.462 e. The number of rotatable bonds is 29.